The molecule has 1 aliphatic rings. The van der Waals surface area contributed by atoms with Crippen LogP contribution in [0.2, 0.25) is 58.9 Å². The van der Waals surface area contributed by atoms with Gasteiger partial charge in [0.15, 0.2) is 19.8 Å². The summed E-state index contributed by atoms with van der Waals surface area (Å²) in [7, 11) is -9.99. The average Bonchev–Trinajstić information content (AvgIpc) is 3.19. The summed E-state index contributed by atoms with van der Waals surface area (Å²) in [5, 5.41) is 0. The van der Waals surface area contributed by atoms with Gasteiger partial charge < -0.3 is 13.0 Å². The molecular formula is C33H48O3Si4. The molecule has 0 radical (unpaired) electrons. The summed E-state index contributed by atoms with van der Waals surface area (Å²) in [5.41, 5.74) is 7.44. The lowest BCUT2D eigenvalue weighted by molar-refractivity contribution is 0.240. The van der Waals surface area contributed by atoms with Gasteiger partial charge in [-0.3, -0.25) is 0 Å². The summed E-state index contributed by atoms with van der Waals surface area (Å²) in [6, 6.07) is 25.7. The van der Waals surface area contributed by atoms with Crippen LogP contribution >= 0.6 is 0 Å². The summed E-state index contributed by atoms with van der Waals surface area (Å²) in [5.74, 6) is 1.64. The van der Waals surface area contributed by atoms with Crippen molar-refractivity contribution in [3.8, 4) is 0 Å². The molecular weight excluding hydrogens is 557 g/mol. The molecule has 214 valence electrons. The van der Waals surface area contributed by atoms with Gasteiger partial charge in [-0.05, 0) is 57.1 Å². The Bertz CT molecular complexity index is 1310. The Morgan fingerprint density at radius 3 is 1.30 bits per heavy atom. The third-order valence-corrected chi connectivity index (χ3v) is 29.4. The van der Waals surface area contributed by atoms with E-state index in [0.29, 0.717) is 0 Å². The molecule has 0 aliphatic carbocycles. The molecule has 0 aromatic heterocycles. The topological polar surface area (TPSA) is 27.7 Å². The smallest absolute Gasteiger partial charge is 0.488 e. The highest BCUT2D eigenvalue weighted by molar-refractivity contribution is 7.12. The largest absolute Gasteiger partial charge is 0.627 e. The molecule has 3 nitrogen and oxygen atoms in total. The van der Waals surface area contributed by atoms with Gasteiger partial charge in [-0.25, -0.2) is 0 Å². The molecule has 7 heteroatoms. The highest BCUT2D eigenvalue weighted by atomic mass is 28.5. The summed E-state index contributed by atoms with van der Waals surface area (Å²) < 4.78 is 22.4. The number of hydrogen-bond acceptors (Lipinski definition) is 3. The summed E-state index contributed by atoms with van der Waals surface area (Å²) in [4.78, 5) is 0. The van der Waals surface area contributed by atoms with Crippen molar-refractivity contribution in [1.82, 2.24) is 0 Å². The number of hydrogen-bond donors (Lipinski definition) is 0. The van der Waals surface area contributed by atoms with E-state index in [2.05, 4.69) is 152 Å². The minimum atomic E-state index is -3.52. The fourth-order valence-corrected chi connectivity index (χ4v) is 33.7. The fourth-order valence-electron chi connectivity index (χ4n) is 7.33. The minimum Gasteiger partial charge on any atom is -0.488 e. The molecule has 0 bridgehead atoms. The van der Waals surface area contributed by atoms with Crippen LogP contribution in [0.25, 0.3) is 11.5 Å². The van der Waals surface area contributed by atoms with Crippen LogP contribution in [0.1, 0.15) is 33.4 Å². The highest BCUT2D eigenvalue weighted by Gasteiger charge is 2.79. The lowest BCUT2D eigenvalue weighted by Gasteiger charge is -2.58. The van der Waals surface area contributed by atoms with E-state index in [0.717, 1.165) is 22.6 Å². The van der Waals surface area contributed by atoms with E-state index in [4.69, 9.17) is 13.0 Å². The number of aryl methyl sites for hydroxylation is 3. The molecule has 0 saturated carbocycles. The molecule has 1 aliphatic heterocycles. The van der Waals surface area contributed by atoms with E-state index < -0.39 is 33.3 Å². The Morgan fingerprint density at radius 2 is 0.975 bits per heavy atom. The van der Waals surface area contributed by atoms with Gasteiger partial charge in [-0.2, -0.15) is 0 Å². The van der Waals surface area contributed by atoms with Gasteiger partial charge in [-0.1, -0.05) is 118 Å². The fraction of sp³-hybridized carbons (Fsp3) is 0.394. The second-order valence-corrected chi connectivity index (χ2v) is 33.7. The highest BCUT2D eigenvalue weighted by Crippen LogP contribution is 2.58. The van der Waals surface area contributed by atoms with E-state index in [-0.39, 0.29) is 4.28 Å². The van der Waals surface area contributed by atoms with E-state index in [1.807, 2.05) is 0 Å². The van der Waals surface area contributed by atoms with Gasteiger partial charge >= 0.3 is 8.80 Å². The van der Waals surface area contributed by atoms with Gasteiger partial charge in [0.1, 0.15) is 0 Å². The van der Waals surface area contributed by atoms with E-state index in [1.54, 1.807) is 0 Å². The first-order chi connectivity index (χ1) is 18.4. The molecule has 0 atom stereocenters. The van der Waals surface area contributed by atoms with Crippen LogP contribution in [0.15, 0.2) is 72.8 Å². The minimum absolute atomic E-state index is 0.314. The van der Waals surface area contributed by atoms with Gasteiger partial charge in [0.05, 0.1) is 20.4 Å². The number of benzene rings is 3. The lowest BCUT2D eigenvalue weighted by atomic mass is 10.0. The van der Waals surface area contributed by atoms with Crippen molar-refractivity contribution in [3.63, 3.8) is 0 Å². The zero-order valence-corrected chi connectivity index (χ0v) is 30.7. The van der Waals surface area contributed by atoms with E-state index in [1.165, 1.54) is 22.3 Å². The molecule has 0 fully saturated rings. The van der Waals surface area contributed by atoms with Crippen molar-refractivity contribution in [2.45, 2.75) is 84.0 Å². The monoisotopic (exact) mass is 604 g/mol. The summed E-state index contributed by atoms with van der Waals surface area (Å²) in [6.07, 6.45) is 0. The quantitative estimate of drug-likeness (QED) is 0.240. The molecule has 3 aromatic rings. The van der Waals surface area contributed by atoms with Crippen molar-refractivity contribution < 1.29 is 13.0 Å². The summed E-state index contributed by atoms with van der Waals surface area (Å²) >= 11 is 0. The molecule has 0 amide bonds. The first-order valence-electron chi connectivity index (χ1n) is 14.5. The van der Waals surface area contributed by atoms with Crippen molar-refractivity contribution >= 4 is 44.8 Å². The van der Waals surface area contributed by atoms with Crippen LogP contribution in [0.3, 0.4) is 0 Å². The SMILES string of the molecule is Cc1cc(C)c(C([Si](C)(C)C)([Si](C)(C)C)[Si]2(O[Si](C)(C)C)OC(c3ccccc3)=C(c3ccccc3)O2)c(C)c1. The third-order valence-electron chi connectivity index (χ3n) is 7.95. The summed E-state index contributed by atoms with van der Waals surface area (Å²) in [6.45, 7) is 28.7. The van der Waals surface area contributed by atoms with Gasteiger partial charge in [0.2, 0.25) is 0 Å². The van der Waals surface area contributed by atoms with Crippen molar-refractivity contribution in [2.75, 3.05) is 0 Å². The lowest BCUT2D eigenvalue weighted by Crippen LogP contribution is -2.81. The van der Waals surface area contributed by atoms with Crippen LogP contribution in [0, 0.1) is 20.8 Å². The molecule has 40 heavy (non-hydrogen) atoms. The Morgan fingerprint density at radius 1 is 0.600 bits per heavy atom. The second-order valence-electron chi connectivity index (χ2n) is 14.4. The van der Waals surface area contributed by atoms with E-state index >= 15 is 0 Å². The maximum absolute atomic E-state index is 7.57. The molecule has 0 spiro atoms. The predicted molar refractivity (Wildman–Crippen MR) is 181 cm³/mol. The molecule has 4 rings (SSSR count). The van der Waals surface area contributed by atoms with Crippen LogP contribution in [0.4, 0.5) is 0 Å². The Balaban J connectivity index is 2.17. The zero-order chi connectivity index (χ0) is 29.7. The third kappa shape index (κ3) is 5.27. The Kier molecular flexibility index (Phi) is 8.14. The molecule has 3 aromatic carbocycles. The van der Waals surface area contributed by atoms with Crippen molar-refractivity contribution in [1.29, 1.82) is 0 Å². The van der Waals surface area contributed by atoms with E-state index in [9.17, 15) is 0 Å². The Labute approximate surface area is 247 Å². The van der Waals surface area contributed by atoms with Crippen LogP contribution in [-0.4, -0.2) is 33.3 Å². The average molecular weight is 605 g/mol. The van der Waals surface area contributed by atoms with Crippen LogP contribution in [-0.2, 0) is 17.3 Å². The standard InChI is InChI=1S/C33H48O3Si4/c1-25-23-26(2)30(27(3)24-25)33(37(4,5)6,38(7,8)9)40(36-39(10,11)12)34-31(28-19-15-13-16-20-28)32(35-40)29-21-17-14-18-22-29/h13-24H,1-12H3. The van der Waals surface area contributed by atoms with Crippen molar-refractivity contribution in [2.24, 2.45) is 0 Å². The predicted octanol–water partition coefficient (Wildman–Crippen LogP) is 9.51. The maximum Gasteiger partial charge on any atom is 0.627 e. The molecule has 1 heterocycles. The second kappa shape index (κ2) is 10.6. The maximum atomic E-state index is 7.57. The van der Waals surface area contributed by atoms with Gasteiger partial charge in [0, 0.05) is 11.1 Å². The van der Waals surface area contributed by atoms with Gasteiger partial charge in [-0.15, -0.1) is 0 Å². The number of rotatable bonds is 8. The van der Waals surface area contributed by atoms with Crippen molar-refractivity contribution in [3.05, 3.63) is 106 Å². The molecule has 0 saturated heterocycles. The zero-order valence-electron chi connectivity index (χ0n) is 26.7. The first kappa shape index (κ1) is 30.8. The Hall–Kier alpha value is -2.17. The normalized spacial score (nSPS) is 16.1. The van der Waals surface area contributed by atoms with Gasteiger partial charge in [0.25, 0.3) is 0 Å². The van der Waals surface area contributed by atoms with Crippen LogP contribution < -0.4 is 0 Å². The first-order valence-corrected chi connectivity index (χ1v) is 26.6. The van der Waals surface area contributed by atoms with Crippen LogP contribution in [0.5, 0.6) is 0 Å². The molecule has 0 N–H and O–H groups in total. The molecule has 0 unspecified atom stereocenters.